The molecular formula is C9H12N2O3. The van der Waals surface area contributed by atoms with Crippen molar-refractivity contribution in [2.45, 2.75) is 31.8 Å². The first-order chi connectivity index (χ1) is 6.66. The highest BCUT2D eigenvalue weighted by Crippen LogP contribution is 2.39. The second kappa shape index (κ2) is 3.32. The van der Waals surface area contributed by atoms with Crippen LogP contribution >= 0.6 is 0 Å². The molecule has 1 fully saturated rings. The van der Waals surface area contributed by atoms with Gasteiger partial charge in [0.05, 0.1) is 5.69 Å². The maximum Gasteiger partial charge on any atom is 0.405 e. The minimum Gasteiger partial charge on any atom is -0.445 e. The maximum atomic E-state index is 10.5. The summed E-state index contributed by atoms with van der Waals surface area (Å²) in [5.74, 6) is 0.943. The van der Waals surface area contributed by atoms with Gasteiger partial charge in [-0.25, -0.2) is 9.78 Å². The third kappa shape index (κ3) is 1.86. The van der Waals surface area contributed by atoms with E-state index in [1.165, 1.54) is 0 Å². The van der Waals surface area contributed by atoms with Gasteiger partial charge in [-0.05, 0) is 19.8 Å². The zero-order valence-electron chi connectivity index (χ0n) is 7.90. The van der Waals surface area contributed by atoms with E-state index in [4.69, 9.17) is 14.9 Å². The molecule has 1 saturated carbocycles. The van der Waals surface area contributed by atoms with Gasteiger partial charge in [0, 0.05) is 5.92 Å². The van der Waals surface area contributed by atoms with E-state index in [0.717, 1.165) is 18.5 Å². The summed E-state index contributed by atoms with van der Waals surface area (Å²) >= 11 is 0. The molecule has 5 nitrogen and oxygen atoms in total. The summed E-state index contributed by atoms with van der Waals surface area (Å²) in [4.78, 5) is 14.7. The van der Waals surface area contributed by atoms with Crippen molar-refractivity contribution in [3.05, 3.63) is 17.8 Å². The molecule has 1 aromatic rings. The lowest BCUT2D eigenvalue weighted by atomic mass is 10.3. The predicted molar refractivity (Wildman–Crippen MR) is 47.6 cm³/mol. The highest BCUT2D eigenvalue weighted by atomic mass is 16.6. The fraction of sp³-hybridized carbons (Fsp3) is 0.556. The average Bonchev–Trinajstić information content (AvgIpc) is 2.82. The summed E-state index contributed by atoms with van der Waals surface area (Å²) in [6, 6.07) is 0. The van der Waals surface area contributed by atoms with Crippen LogP contribution in [0.3, 0.4) is 0 Å². The van der Waals surface area contributed by atoms with Crippen molar-refractivity contribution in [1.29, 1.82) is 0 Å². The van der Waals surface area contributed by atoms with E-state index in [-0.39, 0.29) is 0 Å². The Kier molecular flexibility index (Phi) is 2.15. The molecule has 0 aromatic carbocycles. The van der Waals surface area contributed by atoms with Crippen LogP contribution in [0, 0.1) is 0 Å². The maximum absolute atomic E-state index is 10.5. The first-order valence-electron chi connectivity index (χ1n) is 4.58. The lowest BCUT2D eigenvalue weighted by molar-refractivity contribution is 0.100. The van der Waals surface area contributed by atoms with Crippen molar-refractivity contribution >= 4 is 6.09 Å². The molecule has 0 saturated heterocycles. The predicted octanol–water partition coefficient (Wildman–Crippen LogP) is 1.71. The SMILES string of the molecule is CC(OC(N)=O)c1nc(C2CC2)co1. The molecule has 0 aliphatic heterocycles. The zero-order chi connectivity index (χ0) is 10.1. The van der Waals surface area contributed by atoms with Crippen LogP contribution in [0.4, 0.5) is 4.79 Å². The van der Waals surface area contributed by atoms with Crippen molar-refractivity contribution in [2.24, 2.45) is 5.73 Å². The Morgan fingerprint density at radius 1 is 1.79 bits per heavy atom. The third-order valence-electron chi connectivity index (χ3n) is 2.18. The number of carbonyl (C=O) groups excluding carboxylic acids is 1. The molecule has 5 heteroatoms. The van der Waals surface area contributed by atoms with Crippen LogP contribution in [-0.2, 0) is 4.74 Å². The first-order valence-corrected chi connectivity index (χ1v) is 4.58. The second-order valence-electron chi connectivity index (χ2n) is 3.46. The van der Waals surface area contributed by atoms with Gasteiger partial charge in [-0.15, -0.1) is 0 Å². The molecule has 1 heterocycles. The van der Waals surface area contributed by atoms with Crippen molar-refractivity contribution in [2.75, 3.05) is 0 Å². The number of aromatic nitrogens is 1. The van der Waals surface area contributed by atoms with Crippen LogP contribution < -0.4 is 5.73 Å². The Morgan fingerprint density at radius 2 is 2.50 bits per heavy atom. The zero-order valence-corrected chi connectivity index (χ0v) is 7.90. The lowest BCUT2D eigenvalue weighted by Crippen LogP contribution is -2.15. The Balaban J connectivity index is 2.03. The molecule has 76 valence electrons. The van der Waals surface area contributed by atoms with Crippen molar-refractivity contribution in [3.63, 3.8) is 0 Å². The second-order valence-corrected chi connectivity index (χ2v) is 3.46. The molecule has 0 radical (unpaired) electrons. The number of carbonyl (C=O) groups is 1. The fourth-order valence-corrected chi connectivity index (χ4v) is 1.28. The number of ether oxygens (including phenoxy) is 1. The summed E-state index contributed by atoms with van der Waals surface area (Å²) in [6.45, 7) is 1.67. The summed E-state index contributed by atoms with van der Waals surface area (Å²) in [7, 11) is 0. The molecule has 1 aliphatic rings. The van der Waals surface area contributed by atoms with E-state index in [0.29, 0.717) is 11.8 Å². The minimum absolute atomic E-state index is 0.408. The Labute approximate surface area is 81.2 Å². The molecule has 0 bridgehead atoms. The van der Waals surface area contributed by atoms with Gasteiger partial charge in [-0.2, -0.15) is 0 Å². The Morgan fingerprint density at radius 3 is 3.07 bits per heavy atom. The minimum atomic E-state index is -0.816. The summed E-state index contributed by atoms with van der Waals surface area (Å²) in [5.41, 5.74) is 5.82. The Hall–Kier alpha value is -1.52. The number of nitrogens with zero attached hydrogens (tertiary/aromatic N) is 1. The van der Waals surface area contributed by atoms with E-state index in [2.05, 4.69) is 4.98 Å². The lowest BCUT2D eigenvalue weighted by Gasteiger charge is -2.05. The highest BCUT2D eigenvalue weighted by molar-refractivity contribution is 5.64. The molecule has 1 unspecified atom stereocenters. The van der Waals surface area contributed by atoms with Crippen molar-refractivity contribution in [3.8, 4) is 0 Å². The molecule has 1 aliphatic carbocycles. The first kappa shape index (κ1) is 9.05. The number of nitrogens with two attached hydrogens (primary N) is 1. The van der Waals surface area contributed by atoms with Gasteiger partial charge in [-0.3, -0.25) is 0 Å². The van der Waals surface area contributed by atoms with Crippen molar-refractivity contribution in [1.82, 2.24) is 4.98 Å². The summed E-state index contributed by atoms with van der Waals surface area (Å²) in [5, 5.41) is 0. The number of amides is 1. The molecular weight excluding hydrogens is 184 g/mol. The topological polar surface area (TPSA) is 78.4 Å². The average molecular weight is 196 g/mol. The number of rotatable bonds is 3. The standard InChI is InChI=1S/C9H12N2O3/c1-5(14-9(10)12)8-11-7(4-13-8)6-2-3-6/h4-6H,2-3H2,1H3,(H2,10,12). The monoisotopic (exact) mass is 196 g/mol. The fourth-order valence-electron chi connectivity index (χ4n) is 1.28. The van der Waals surface area contributed by atoms with Gasteiger partial charge in [0.15, 0.2) is 6.10 Å². The number of oxazole rings is 1. The van der Waals surface area contributed by atoms with Gasteiger partial charge in [0.25, 0.3) is 0 Å². The highest BCUT2D eigenvalue weighted by Gasteiger charge is 2.28. The number of hydrogen-bond acceptors (Lipinski definition) is 4. The van der Waals surface area contributed by atoms with Gasteiger partial charge in [0.1, 0.15) is 6.26 Å². The largest absolute Gasteiger partial charge is 0.445 e. The van der Waals surface area contributed by atoms with Crippen LogP contribution in [-0.4, -0.2) is 11.1 Å². The number of primary amides is 1. The van der Waals surface area contributed by atoms with E-state index in [9.17, 15) is 4.79 Å². The van der Waals surface area contributed by atoms with Crippen LogP contribution in [0.25, 0.3) is 0 Å². The van der Waals surface area contributed by atoms with E-state index in [1.54, 1.807) is 13.2 Å². The van der Waals surface area contributed by atoms with Gasteiger partial charge >= 0.3 is 6.09 Å². The normalized spacial score (nSPS) is 17.8. The van der Waals surface area contributed by atoms with Crippen LogP contribution in [0.5, 0.6) is 0 Å². The quantitative estimate of drug-likeness (QED) is 0.798. The van der Waals surface area contributed by atoms with Gasteiger partial charge in [-0.1, -0.05) is 0 Å². The molecule has 2 rings (SSSR count). The van der Waals surface area contributed by atoms with E-state index in [1.807, 2.05) is 0 Å². The van der Waals surface area contributed by atoms with E-state index >= 15 is 0 Å². The number of hydrogen-bond donors (Lipinski definition) is 1. The molecule has 1 atom stereocenters. The third-order valence-corrected chi connectivity index (χ3v) is 2.18. The van der Waals surface area contributed by atoms with Gasteiger partial charge < -0.3 is 14.9 Å². The van der Waals surface area contributed by atoms with E-state index < -0.39 is 12.2 Å². The van der Waals surface area contributed by atoms with Crippen LogP contribution in [0.2, 0.25) is 0 Å². The van der Waals surface area contributed by atoms with Crippen molar-refractivity contribution < 1.29 is 13.9 Å². The van der Waals surface area contributed by atoms with Crippen LogP contribution in [0.15, 0.2) is 10.7 Å². The molecule has 0 spiro atoms. The molecule has 14 heavy (non-hydrogen) atoms. The molecule has 1 aromatic heterocycles. The molecule has 1 amide bonds. The Bertz CT molecular complexity index is 344. The smallest absolute Gasteiger partial charge is 0.405 e. The van der Waals surface area contributed by atoms with Crippen LogP contribution in [0.1, 0.15) is 43.4 Å². The summed E-state index contributed by atoms with van der Waals surface area (Å²) < 4.78 is 9.92. The molecule has 2 N–H and O–H groups in total. The summed E-state index contributed by atoms with van der Waals surface area (Å²) in [6.07, 6.45) is 2.62. The van der Waals surface area contributed by atoms with Gasteiger partial charge in [0.2, 0.25) is 5.89 Å².